The van der Waals surface area contributed by atoms with Gasteiger partial charge in [0.2, 0.25) is 0 Å². The van der Waals surface area contributed by atoms with Gasteiger partial charge in [0.05, 0.1) is 11.5 Å². The minimum absolute atomic E-state index is 0.0153. The maximum Gasteiger partial charge on any atom is 0.269 e. The first-order valence-electron chi connectivity index (χ1n) is 6.46. The molecule has 0 aliphatic rings. The molecule has 7 heteroatoms. The second-order valence-electron chi connectivity index (χ2n) is 4.44. The molecule has 2 aromatic rings. The number of nitrogens with zero attached hydrogens (tertiary/aromatic N) is 2. The van der Waals surface area contributed by atoms with Gasteiger partial charge < -0.3 is 11.1 Å². The van der Waals surface area contributed by atoms with Gasteiger partial charge in [0, 0.05) is 17.7 Å². The molecule has 2 rings (SSSR count). The molecule has 2 aromatic carbocycles. The highest BCUT2D eigenvalue weighted by molar-refractivity contribution is 7.80. The third-order valence-corrected chi connectivity index (χ3v) is 2.96. The summed E-state index contributed by atoms with van der Waals surface area (Å²) >= 11 is 4.85. The first-order valence-corrected chi connectivity index (χ1v) is 6.87. The predicted octanol–water partition coefficient (Wildman–Crippen LogP) is 2.37. The van der Waals surface area contributed by atoms with Gasteiger partial charge in [0.1, 0.15) is 5.84 Å². The molecule has 0 atom stereocenters. The van der Waals surface area contributed by atoms with Crippen molar-refractivity contribution < 1.29 is 4.92 Å². The molecule has 0 aliphatic heterocycles. The zero-order valence-corrected chi connectivity index (χ0v) is 12.4. The van der Waals surface area contributed by atoms with E-state index in [1.807, 2.05) is 30.3 Å². The minimum Gasteiger partial charge on any atom is -0.376 e. The standard InChI is InChI=1S/C15H14N4O2S/c16-15(22)18-14(17-10-11-4-2-1-3-5-11)12-6-8-13(9-7-12)19(20)21/h1-9H,10H2,(H3,16,17,18,22). The number of thiocarbonyl (C=S) groups is 1. The summed E-state index contributed by atoms with van der Waals surface area (Å²) in [5.74, 6) is 0.478. The highest BCUT2D eigenvalue weighted by Crippen LogP contribution is 2.12. The van der Waals surface area contributed by atoms with E-state index in [0.717, 1.165) is 5.56 Å². The summed E-state index contributed by atoms with van der Waals surface area (Å²) in [6, 6.07) is 15.7. The molecular formula is C15H14N4O2S. The highest BCUT2D eigenvalue weighted by atomic mass is 32.1. The molecule has 6 nitrogen and oxygen atoms in total. The lowest BCUT2D eigenvalue weighted by Gasteiger charge is -2.09. The largest absolute Gasteiger partial charge is 0.376 e. The second-order valence-corrected chi connectivity index (χ2v) is 4.88. The van der Waals surface area contributed by atoms with E-state index in [-0.39, 0.29) is 10.8 Å². The molecule has 112 valence electrons. The summed E-state index contributed by atoms with van der Waals surface area (Å²) in [6.45, 7) is 0.447. The Balaban J connectivity index is 2.25. The van der Waals surface area contributed by atoms with Crippen LogP contribution in [-0.4, -0.2) is 15.9 Å². The number of benzene rings is 2. The average molecular weight is 314 g/mol. The zero-order valence-electron chi connectivity index (χ0n) is 11.6. The Morgan fingerprint density at radius 2 is 1.82 bits per heavy atom. The Kier molecular flexibility index (Phi) is 5.16. The van der Waals surface area contributed by atoms with Crippen LogP contribution < -0.4 is 11.1 Å². The Hall–Kier alpha value is -2.80. The molecule has 0 fully saturated rings. The first-order chi connectivity index (χ1) is 10.6. The van der Waals surface area contributed by atoms with Crippen molar-refractivity contribution in [3.63, 3.8) is 0 Å². The van der Waals surface area contributed by atoms with Crippen molar-refractivity contribution in [1.29, 1.82) is 0 Å². The number of nitrogens with two attached hydrogens (primary N) is 1. The van der Waals surface area contributed by atoms with Crippen molar-refractivity contribution in [3.8, 4) is 0 Å². The molecule has 0 saturated heterocycles. The molecule has 0 heterocycles. The van der Waals surface area contributed by atoms with Crippen molar-refractivity contribution in [1.82, 2.24) is 5.32 Å². The SMILES string of the molecule is NC(=S)NC(=NCc1ccccc1)c1ccc([N+](=O)[O-])cc1. The lowest BCUT2D eigenvalue weighted by atomic mass is 10.2. The summed E-state index contributed by atoms with van der Waals surface area (Å²) < 4.78 is 0. The monoisotopic (exact) mass is 314 g/mol. The number of aliphatic imine (C=N–C) groups is 1. The van der Waals surface area contributed by atoms with Crippen LogP contribution in [0.2, 0.25) is 0 Å². The van der Waals surface area contributed by atoms with E-state index in [2.05, 4.69) is 10.3 Å². The minimum atomic E-state index is -0.453. The topological polar surface area (TPSA) is 93.5 Å². The van der Waals surface area contributed by atoms with Crippen molar-refractivity contribution >= 4 is 28.9 Å². The quantitative estimate of drug-likeness (QED) is 0.297. The fourth-order valence-corrected chi connectivity index (χ4v) is 1.91. The number of amidine groups is 1. The normalized spacial score (nSPS) is 11.0. The lowest BCUT2D eigenvalue weighted by Crippen LogP contribution is -2.35. The van der Waals surface area contributed by atoms with Gasteiger partial charge in [-0.2, -0.15) is 0 Å². The Morgan fingerprint density at radius 3 is 2.36 bits per heavy atom. The van der Waals surface area contributed by atoms with Crippen LogP contribution in [0, 0.1) is 10.1 Å². The van der Waals surface area contributed by atoms with E-state index in [4.69, 9.17) is 18.0 Å². The van der Waals surface area contributed by atoms with Crippen LogP contribution in [0.4, 0.5) is 5.69 Å². The van der Waals surface area contributed by atoms with Crippen LogP contribution in [0.1, 0.15) is 11.1 Å². The summed E-state index contributed by atoms with van der Waals surface area (Å²) in [5.41, 5.74) is 7.23. The summed E-state index contributed by atoms with van der Waals surface area (Å²) in [4.78, 5) is 14.7. The molecule has 22 heavy (non-hydrogen) atoms. The molecule has 0 radical (unpaired) electrons. The Bertz CT molecular complexity index is 699. The van der Waals surface area contributed by atoms with E-state index < -0.39 is 4.92 Å². The fourth-order valence-electron chi connectivity index (χ4n) is 1.81. The molecule has 0 bridgehead atoms. The van der Waals surface area contributed by atoms with Crippen LogP contribution in [0.15, 0.2) is 59.6 Å². The van der Waals surface area contributed by atoms with Gasteiger partial charge in [-0.3, -0.25) is 15.1 Å². The molecular weight excluding hydrogens is 300 g/mol. The third-order valence-electron chi connectivity index (χ3n) is 2.86. The summed E-state index contributed by atoms with van der Waals surface area (Å²) in [6.07, 6.45) is 0. The van der Waals surface area contributed by atoms with Crippen molar-refractivity contribution in [2.75, 3.05) is 0 Å². The van der Waals surface area contributed by atoms with Gasteiger partial charge in [-0.25, -0.2) is 0 Å². The van der Waals surface area contributed by atoms with Crippen LogP contribution in [0.5, 0.6) is 0 Å². The molecule has 0 unspecified atom stereocenters. The summed E-state index contributed by atoms with van der Waals surface area (Å²) in [7, 11) is 0. The first kappa shape index (κ1) is 15.6. The molecule has 0 spiro atoms. The predicted molar refractivity (Wildman–Crippen MR) is 89.7 cm³/mol. The number of rotatable bonds is 4. The Labute approximate surface area is 132 Å². The number of nitro benzene ring substituents is 1. The highest BCUT2D eigenvalue weighted by Gasteiger charge is 2.08. The van der Waals surface area contributed by atoms with Gasteiger partial charge in [-0.1, -0.05) is 30.3 Å². The number of hydrogen-bond donors (Lipinski definition) is 2. The van der Waals surface area contributed by atoms with E-state index in [9.17, 15) is 10.1 Å². The maximum atomic E-state index is 10.7. The smallest absolute Gasteiger partial charge is 0.269 e. The maximum absolute atomic E-state index is 10.7. The zero-order chi connectivity index (χ0) is 15.9. The lowest BCUT2D eigenvalue weighted by molar-refractivity contribution is -0.384. The fraction of sp³-hybridized carbons (Fsp3) is 0.0667. The van der Waals surface area contributed by atoms with E-state index in [0.29, 0.717) is 17.9 Å². The van der Waals surface area contributed by atoms with Crippen LogP contribution >= 0.6 is 12.2 Å². The van der Waals surface area contributed by atoms with Gasteiger partial charge in [0.15, 0.2) is 5.11 Å². The van der Waals surface area contributed by atoms with Crippen LogP contribution in [0.3, 0.4) is 0 Å². The molecule has 3 N–H and O–H groups in total. The van der Waals surface area contributed by atoms with E-state index >= 15 is 0 Å². The number of hydrogen-bond acceptors (Lipinski definition) is 4. The van der Waals surface area contributed by atoms with Gasteiger partial charge >= 0.3 is 0 Å². The number of nitro groups is 1. The molecule has 0 amide bonds. The van der Waals surface area contributed by atoms with Crippen LogP contribution in [-0.2, 0) is 6.54 Å². The van der Waals surface area contributed by atoms with Crippen LogP contribution in [0.25, 0.3) is 0 Å². The molecule has 0 aromatic heterocycles. The third kappa shape index (κ3) is 4.35. The molecule has 0 saturated carbocycles. The summed E-state index contributed by atoms with van der Waals surface area (Å²) in [5, 5.41) is 13.6. The number of nitrogens with one attached hydrogen (secondary N) is 1. The van der Waals surface area contributed by atoms with Gasteiger partial charge in [0.25, 0.3) is 5.69 Å². The Morgan fingerprint density at radius 1 is 1.18 bits per heavy atom. The van der Waals surface area contributed by atoms with E-state index in [1.54, 1.807) is 12.1 Å². The molecule has 0 aliphatic carbocycles. The van der Waals surface area contributed by atoms with Gasteiger partial charge in [-0.15, -0.1) is 0 Å². The van der Waals surface area contributed by atoms with E-state index in [1.165, 1.54) is 12.1 Å². The van der Waals surface area contributed by atoms with Gasteiger partial charge in [-0.05, 0) is 29.9 Å². The van der Waals surface area contributed by atoms with Crippen molar-refractivity contribution in [2.45, 2.75) is 6.54 Å². The van der Waals surface area contributed by atoms with Crippen molar-refractivity contribution in [2.24, 2.45) is 10.7 Å². The average Bonchev–Trinajstić information content (AvgIpc) is 2.52. The number of non-ortho nitro benzene ring substituents is 1. The van der Waals surface area contributed by atoms with Crippen molar-refractivity contribution in [3.05, 3.63) is 75.8 Å². The second kappa shape index (κ2) is 7.28.